The highest BCUT2D eigenvalue weighted by atomic mass is 19.2. The zero-order valence-corrected chi connectivity index (χ0v) is 11.2. The van der Waals surface area contributed by atoms with Gasteiger partial charge in [0.2, 0.25) is 5.82 Å². The normalized spacial score (nSPS) is 10.6. The molecule has 0 bridgehead atoms. The first-order valence-electron chi connectivity index (χ1n) is 6.17. The lowest BCUT2D eigenvalue weighted by Gasteiger charge is -2.09. The lowest BCUT2D eigenvalue weighted by Crippen LogP contribution is -2.06. The van der Waals surface area contributed by atoms with Gasteiger partial charge in [0.1, 0.15) is 0 Å². The van der Waals surface area contributed by atoms with Gasteiger partial charge in [-0.25, -0.2) is 26.7 Å². The van der Waals surface area contributed by atoms with Crippen molar-refractivity contribution in [2.24, 2.45) is 0 Å². The van der Waals surface area contributed by atoms with Crippen LogP contribution in [0.2, 0.25) is 0 Å². The fourth-order valence-corrected chi connectivity index (χ4v) is 1.85. The molecular weight excluding hydrogens is 307 g/mol. The molecule has 0 aliphatic rings. The first-order chi connectivity index (χ1) is 10.4. The molecule has 0 aromatic heterocycles. The largest absolute Gasteiger partial charge is 0.462 e. The summed E-state index contributed by atoms with van der Waals surface area (Å²) in [7, 11) is 0. The number of ether oxygens (including phenoxy) is 1. The third-order valence-corrected chi connectivity index (χ3v) is 2.89. The van der Waals surface area contributed by atoms with Gasteiger partial charge in [-0.05, 0) is 24.6 Å². The van der Waals surface area contributed by atoms with Crippen molar-refractivity contribution in [3.05, 3.63) is 58.9 Å². The Labute approximate surface area is 122 Å². The van der Waals surface area contributed by atoms with Gasteiger partial charge in [-0.15, -0.1) is 0 Å². The Morgan fingerprint density at radius 1 is 0.864 bits per heavy atom. The third kappa shape index (κ3) is 2.66. The maximum atomic E-state index is 13.7. The molecular formula is C15H9F5O2. The van der Waals surface area contributed by atoms with E-state index in [2.05, 4.69) is 0 Å². The van der Waals surface area contributed by atoms with Crippen LogP contribution in [0.5, 0.6) is 0 Å². The molecule has 22 heavy (non-hydrogen) atoms. The summed E-state index contributed by atoms with van der Waals surface area (Å²) in [5, 5.41) is 0. The number of carbonyl (C=O) groups excluding carboxylic acids is 1. The average Bonchev–Trinajstić information content (AvgIpc) is 2.52. The number of hydrogen-bond acceptors (Lipinski definition) is 2. The SMILES string of the molecule is CCOC(=O)c1ccc(-c2c(F)c(F)c(F)c(F)c2F)cc1. The van der Waals surface area contributed by atoms with Gasteiger partial charge >= 0.3 is 5.97 Å². The van der Waals surface area contributed by atoms with E-state index in [0.717, 1.165) is 12.1 Å². The van der Waals surface area contributed by atoms with E-state index >= 15 is 0 Å². The van der Waals surface area contributed by atoms with Crippen LogP contribution in [-0.4, -0.2) is 12.6 Å². The highest BCUT2D eigenvalue weighted by molar-refractivity contribution is 5.90. The standard InChI is InChI=1S/C15H9F5O2/c1-2-22-15(21)8-5-3-7(4-6-8)9-10(16)12(18)14(20)13(19)11(9)17/h3-6H,2H2,1H3. The minimum atomic E-state index is -2.22. The number of carbonyl (C=O) groups is 1. The smallest absolute Gasteiger partial charge is 0.338 e. The van der Waals surface area contributed by atoms with E-state index in [4.69, 9.17) is 4.74 Å². The van der Waals surface area contributed by atoms with Crippen LogP contribution in [-0.2, 0) is 4.74 Å². The van der Waals surface area contributed by atoms with E-state index < -0.39 is 40.6 Å². The fraction of sp³-hybridized carbons (Fsp3) is 0.133. The average molecular weight is 316 g/mol. The second-order valence-electron chi connectivity index (χ2n) is 4.24. The second-order valence-corrected chi connectivity index (χ2v) is 4.24. The van der Waals surface area contributed by atoms with E-state index in [1.165, 1.54) is 12.1 Å². The van der Waals surface area contributed by atoms with Crippen LogP contribution in [0.25, 0.3) is 11.1 Å². The summed E-state index contributed by atoms with van der Waals surface area (Å²) in [5.74, 6) is -10.8. The second kappa shape index (κ2) is 6.13. The van der Waals surface area contributed by atoms with E-state index in [1.54, 1.807) is 6.92 Å². The molecule has 7 heteroatoms. The van der Waals surface area contributed by atoms with E-state index in [-0.39, 0.29) is 17.7 Å². The summed E-state index contributed by atoms with van der Waals surface area (Å²) in [4.78, 5) is 11.4. The van der Waals surface area contributed by atoms with Crippen molar-refractivity contribution in [2.75, 3.05) is 6.61 Å². The number of rotatable bonds is 3. The predicted molar refractivity (Wildman–Crippen MR) is 67.6 cm³/mol. The number of esters is 1. The molecule has 0 saturated carbocycles. The van der Waals surface area contributed by atoms with Crippen LogP contribution < -0.4 is 0 Å². The van der Waals surface area contributed by atoms with Crippen LogP contribution in [0, 0.1) is 29.1 Å². The molecule has 0 atom stereocenters. The van der Waals surface area contributed by atoms with Gasteiger partial charge in [0.05, 0.1) is 17.7 Å². The Morgan fingerprint density at radius 2 is 1.32 bits per heavy atom. The molecule has 0 aliphatic carbocycles. The third-order valence-electron chi connectivity index (χ3n) is 2.89. The van der Waals surface area contributed by atoms with Crippen molar-refractivity contribution in [3.8, 4) is 11.1 Å². The molecule has 0 heterocycles. The summed E-state index contributed by atoms with van der Waals surface area (Å²) < 4.78 is 71.3. The lowest BCUT2D eigenvalue weighted by molar-refractivity contribution is 0.0526. The lowest BCUT2D eigenvalue weighted by atomic mass is 10.0. The van der Waals surface area contributed by atoms with Crippen molar-refractivity contribution in [1.29, 1.82) is 0 Å². The van der Waals surface area contributed by atoms with Crippen LogP contribution in [0.15, 0.2) is 24.3 Å². The van der Waals surface area contributed by atoms with Gasteiger partial charge < -0.3 is 4.74 Å². The van der Waals surface area contributed by atoms with Gasteiger partial charge in [0, 0.05) is 0 Å². The summed E-state index contributed by atoms with van der Waals surface area (Å²) in [6.07, 6.45) is 0. The number of hydrogen-bond donors (Lipinski definition) is 0. The van der Waals surface area contributed by atoms with Crippen molar-refractivity contribution in [3.63, 3.8) is 0 Å². The van der Waals surface area contributed by atoms with Gasteiger partial charge in [0.25, 0.3) is 0 Å². The Hall–Kier alpha value is -2.44. The summed E-state index contributed by atoms with van der Waals surface area (Å²) >= 11 is 0. The predicted octanol–water partition coefficient (Wildman–Crippen LogP) is 4.23. The summed E-state index contributed by atoms with van der Waals surface area (Å²) in [6.45, 7) is 1.74. The van der Waals surface area contributed by atoms with Crippen molar-refractivity contribution in [2.45, 2.75) is 6.92 Å². The van der Waals surface area contributed by atoms with Crippen LogP contribution >= 0.6 is 0 Å². The minimum absolute atomic E-state index is 0.0921. The molecule has 2 rings (SSSR count). The highest BCUT2D eigenvalue weighted by Crippen LogP contribution is 2.31. The Balaban J connectivity index is 2.52. The van der Waals surface area contributed by atoms with Crippen LogP contribution in [0.4, 0.5) is 22.0 Å². The molecule has 0 unspecified atom stereocenters. The number of halogens is 5. The Morgan fingerprint density at radius 3 is 1.77 bits per heavy atom. The first kappa shape index (κ1) is 15.9. The molecule has 0 amide bonds. The van der Waals surface area contributed by atoms with Crippen LogP contribution in [0.1, 0.15) is 17.3 Å². The molecule has 0 spiro atoms. The topological polar surface area (TPSA) is 26.3 Å². The Bertz CT molecular complexity index is 697. The van der Waals surface area contributed by atoms with Crippen LogP contribution in [0.3, 0.4) is 0 Å². The zero-order valence-electron chi connectivity index (χ0n) is 11.2. The molecule has 2 nitrogen and oxygen atoms in total. The minimum Gasteiger partial charge on any atom is -0.462 e. The monoisotopic (exact) mass is 316 g/mol. The fourth-order valence-electron chi connectivity index (χ4n) is 1.85. The van der Waals surface area contributed by atoms with Gasteiger partial charge in [-0.3, -0.25) is 0 Å². The maximum absolute atomic E-state index is 13.7. The van der Waals surface area contributed by atoms with E-state index in [1.807, 2.05) is 0 Å². The van der Waals surface area contributed by atoms with Gasteiger partial charge in [-0.2, -0.15) is 0 Å². The summed E-state index contributed by atoms with van der Waals surface area (Å²) in [5.41, 5.74) is -1.21. The van der Waals surface area contributed by atoms with E-state index in [0.29, 0.717) is 0 Å². The maximum Gasteiger partial charge on any atom is 0.338 e. The molecule has 0 radical (unpaired) electrons. The Kier molecular flexibility index (Phi) is 4.44. The van der Waals surface area contributed by atoms with Crippen molar-refractivity contribution in [1.82, 2.24) is 0 Å². The molecule has 0 saturated heterocycles. The van der Waals surface area contributed by atoms with Crippen molar-refractivity contribution < 1.29 is 31.5 Å². The van der Waals surface area contributed by atoms with Gasteiger partial charge in [-0.1, -0.05) is 12.1 Å². The number of benzene rings is 2. The van der Waals surface area contributed by atoms with E-state index in [9.17, 15) is 26.7 Å². The first-order valence-corrected chi connectivity index (χ1v) is 6.17. The molecule has 0 N–H and O–H groups in total. The zero-order chi connectivity index (χ0) is 16.4. The molecule has 2 aromatic rings. The quantitative estimate of drug-likeness (QED) is 0.367. The molecule has 0 aliphatic heterocycles. The van der Waals surface area contributed by atoms with Crippen molar-refractivity contribution >= 4 is 5.97 Å². The molecule has 0 fully saturated rings. The molecule has 116 valence electrons. The highest BCUT2D eigenvalue weighted by Gasteiger charge is 2.26. The summed E-state index contributed by atoms with van der Waals surface area (Å²) in [6, 6.07) is 4.49. The van der Waals surface area contributed by atoms with Gasteiger partial charge in [0.15, 0.2) is 23.3 Å². The molecule has 2 aromatic carbocycles.